The minimum absolute atomic E-state index is 0.312. The number of hydrogen-bond donors (Lipinski definition) is 1. The molecule has 0 radical (unpaired) electrons. The standard InChI is InChI=1S/C13H14N2/c1-10(13-4-2-3-9-15-13)11-5-7-12(14)8-6-11/h2-10H,14H2,1H3. The van der Waals surface area contributed by atoms with Gasteiger partial charge in [-0.2, -0.15) is 0 Å². The highest BCUT2D eigenvalue weighted by molar-refractivity contribution is 5.41. The summed E-state index contributed by atoms with van der Waals surface area (Å²) in [6, 6.07) is 13.9. The first-order chi connectivity index (χ1) is 7.27. The lowest BCUT2D eigenvalue weighted by atomic mass is 9.97. The van der Waals surface area contributed by atoms with Gasteiger partial charge in [0.15, 0.2) is 0 Å². The van der Waals surface area contributed by atoms with Crippen LogP contribution in [0.5, 0.6) is 0 Å². The van der Waals surface area contributed by atoms with Crippen LogP contribution < -0.4 is 5.73 Å². The number of anilines is 1. The van der Waals surface area contributed by atoms with Gasteiger partial charge in [-0.3, -0.25) is 4.98 Å². The lowest BCUT2D eigenvalue weighted by Gasteiger charge is -2.11. The van der Waals surface area contributed by atoms with E-state index in [0.717, 1.165) is 11.4 Å². The molecular formula is C13H14N2. The molecule has 1 atom stereocenters. The molecule has 2 nitrogen and oxygen atoms in total. The fourth-order valence-electron chi connectivity index (χ4n) is 1.59. The van der Waals surface area contributed by atoms with Crippen molar-refractivity contribution < 1.29 is 0 Å². The summed E-state index contributed by atoms with van der Waals surface area (Å²) in [5.74, 6) is 0.312. The number of hydrogen-bond acceptors (Lipinski definition) is 2. The molecular weight excluding hydrogens is 184 g/mol. The van der Waals surface area contributed by atoms with E-state index in [1.807, 2.05) is 36.5 Å². The minimum Gasteiger partial charge on any atom is -0.399 e. The van der Waals surface area contributed by atoms with Gasteiger partial charge in [0.2, 0.25) is 0 Å². The Hall–Kier alpha value is -1.83. The fraction of sp³-hybridized carbons (Fsp3) is 0.154. The van der Waals surface area contributed by atoms with Crippen LogP contribution in [0.15, 0.2) is 48.7 Å². The van der Waals surface area contributed by atoms with Crippen molar-refractivity contribution in [2.24, 2.45) is 0 Å². The molecule has 2 heteroatoms. The highest BCUT2D eigenvalue weighted by atomic mass is 14.7. The van der Waals surface area contributed by atoms with Crippen LogP contribution in [0.2, 0.25) is 0 Å². The third-order valence-corrected chi connectivity index (χ3v) is 2.57. The van der Waals surface area contributed by atoms with E-state index in [1.165, 1.54) is 5.56 Å². The molecule has 0 spiro atoms. The summed E-state index contributed by atoms with van der Waals surface area (Å²) in [6.45, 7) is 2.15. The molecule has 0 amide bonds. The third-order valence-electron chi connectivity index (χ3n) is 2.57. The van der Waals surface area contributed by atoms with Gasteiger partial charge in [0.1, 0.15) is 0 Å². The first kappa shape index (κ1) is 9.71. The van der Waals surface area contributed by atoms with Crippen molar-refractivity contribution in [3.05, 3.63) is 59.9 Å². The van der Waals surface area contributed by atoms with E-state index in [2.05, 4.69) is 24.0 Å². The van der Waals surface area contributed by atoms with Gasteiger partial charge >= 0.3 is 0 Å². The fourth-order valence-corrected chi connectivity index (χ4v) is 1.59. The first-order valence-electron chi connectivity index (χ1n) is 5.04. The van der Waals surface area contributed by atoms with Gasteiger partial charge in [0.25, 0.3) is 0 Å². The maximum Gasteiger partial charge on any atom is 0.0475 e. The van der Waals surface area contributed by atoms with Crippen molar-refractivity contribution in [1.29, 1.82) is 0 Å². The van der Waals surface area contributed by atoms with E-state index >= 15 is 0 Å². The van der Waals surface area contributed by atoms with Gasteiger partial charge in [0.05, 0.1) is 0 Å². The highest BCUT2D eigenvalue weighted by Crippen LogP contribution is 2.22. The Bertz CT molecular complexity index is 420. The van der Waals surface area contributed by atoms with Gasteiger partial charge in [-0.25, -0.2) is 0 Å². The molecule has 0 saturated carbocycles. The number of nitrogens with zero attached hydrogens (tertiary/aromatic N) is 1. The molecule has 15 heavy (non-hydrogen) atoms. The van der Waals surface area contributed by atoms with Crippen molar-refractivity contribution in [2.75, 3.05) is 5.73 Å². The van der Waals surface area contributed by atoms with Crippen molar-refractivity contribution >= 4 is 5.69 Å². The number of benzene rings is 1. The summed E-state index contributed by atoms with van der Waals surface area (Å²) in [7, 11) is 0. The number of nitrogen functional groups attached to an aromatic ring is 1. The van der Waals surface area contributed by atoms with Gasteiger partial charge in [0, 0.05) is 23.5 Å². The van der Waals surface area contributed by atoms with E-state index in [-0.39, 0.29) is 0 Å². The van der Waals surface area contributed by atoms with Crippen molar-refractivity contribution in [1.82, 2.24) is 4.98 Å². The van der Waals surface area contributed by atoms with Crippen LogP contribution in [0.1, 0.15) is 24.1 Å². The van der Waals surface area contributed by atoms with Crippen LogP contribution in [0.25, 0.3) is 0 Å². The average Bonchev–Trinajstić information content (AvgIpc) is 2.30. The number of pyridine rings is 1. The van der Waals surface area contributed by atoms with Crippen LogP contribution in [0.4, 0.5) is 5.69 Å². The van der Waals surface area contributed by atoms with E-state index in [4.69, 9.17) is 5.73 Å². The molecule has 0 aliphatic rings. The Morgan fingerprint density at radius 2 is 1.80 bits per heavy atom. The molecule has 1 aromatic carbocycles. The van der Waals surface area contributed by atoms with Crippen molar-refractivity contribution in [2.45, 2.75) is 12.8 Å². The van der Waals surface area contributed by atoms with E-state index in [9.17, 15) is 0 Å². The molecule has 0 aliphatic heterocycles. The highest BCUT2D eigenvalue weighted by Gasteiger charge is 2.08. The predicted molar refractivity (Wildman–Crippen MR) is 62.6 cm³/mol. The Morgan fingerprint density at radius 1 is 1.07 bits per heavy atom. The lowest BCUT2D eigenvalue weighted by Crippen LogP contribution is -1.98. The SMILES string of the molecule is CC(c1ccc(N)cc1)c1ccccn1. The molecule has 2 rings (SSSR count). The Morgan fingerprint density at radius 3 is 2.40 bits per heavy atom. The summed E-state index contributed by atoms with van der Waals surface area (Å²) in [6.07, 6.45) is 1.82. The van der Waals surface area contributed by atoms with Crippen LogP contribution in [-0.2, 0) is 0 Å². The van der Waals surface area contributed by atoms with Gasteiger partial charge in [-0.1, -0.05) is 25.1 Å². The quantitative estimate of drug-likeness (QED) is 0.753. The molecule has 0 saturated heterocycles. The second-order valence-corrected chi connectivity index (χ2v) is 3.64. The molecule has 0 aliphatic carbocycles. The van der Waals surface area contributed by atoms with Crippen LogP contribution in [0.3, 0.4) is 0 Å². The number of aromatic nitrogens is 1. The predicted octanol–water partition coefficient (Wildman–Crippen LogP) is 2.82. The molecule has 1 aromatic heterocycles. The molecule has 1 unspecified atom stereocenters. The van der Waals surface area contributed by atoms with Crippen LogP contribution in [0, 0.1) is 0 Å². The summed E-state index contributed by atoms with van der Waals surface area (Å²) in [4.78, 5) is 4.35. The number of rotatable bonds is 2. The second kappa shape index (κ2) is 4.13. The maximum absolute atomic E-state index is 5.65. The lowest BCUT2D eigenvalue weighted by molar-refractivity contribution is 0.872. The molecule has 0 fully saturated rings. The Labute approximate surface area is 89.8 Å². The smallest absolute Gasteiger partial charge is 0.0475 e. The van der Waals surface area contributed by atoms with Gasteiger partial charge < -0.3 is 5.73 Å². The van der Waals surface area contributed by atoms with Gasteiger partial charge in [-0.05, 0) is 29.8 Å². The molecule has 2 N–H and O–H groups in total. The first-order valence-corrected chi connectivity index (χ1v) is 5.04. The van der Waals surface area contributed by atoms with Crippen molar-refractivity contribution in [3.63, 3.8) is 0 Å². The van der Waals surface area contributed by atoms with Gasteiger partial charge in [-0.15, -0.1) is 0 Å². The summed E-state index contributed by atoms with van der Waals surface area (Å²) < 4.78 is 0. The largest absolute Gasteiger partial charge is 0.399 e. The average molecular weight is 198 g/mol. The molecule has 2 aromatic rings. The summed E-state index contributed by atoms with van der Waals surface area (Å²) >= 11 is 0. The molecule has 0 bridgehead atoms. The third kappa shape index (κ3) is 2.15. The zero-order valence-electron chi connectivity index (χ0n) is 8.72. The monoisotopic (exact) mass is 198 g/mol. The minimum atomic E-state index is 0.312. The van der Waals surface area contributed by atoms with Crippen molar-refractivity contribution in [3.8, 4) is 0 Å². The number of nitrogens with two attached hydrogens (primary N) is 1. The van der Waals surface area contributed by atoms with E-state index in [0.29, 0.717) is 5.92 Å². The molecule has 76 valence electrons. The zero-order chi connectivity index (χ0) is 10.7. The Balaban J connectivity index is 2.29. The molecule has 1 heterocycles. The Kier molecular flexibility index (Phi) is 2.68. The zero-order valence-corrected chi connectivity index (χ0v) is 8.72. The van der Waals surface area contributed by atoms with E-state index in [1.54, 1.807) is 0 Å². The van der Waals surface area contributed by atoms with Crippen LogP contribution in [-0.4, -0.2) is 4.98 Å². The van der Waals surface area contributed by atoms with E-state index < -0.39 is 0 Å². The maximum atomic E-state index is 5.65. The summed E-state index contributed by atoms with van der Waals surface area (Å²) in [5.41, 5.74) is 8.77. The second-order valence-electron chi connectivity index (χ2n) is 3.64. The topological polar surface area (TPSA) is 38.9 Å². The normalized spacial score (nSPS) is 12.3. The van der Waals surface area contributed by atoms with Crippen LogP contribution >= 0.6 is 0 Å². The summed E-state index contributed by atoms with van der Waals surface area (Å²) in [5, 5.41) is 0.